The lowest BCUT2D eigenvalue weighted by atomic mass is 9.89. The summed E-state index contributed by atoms with van der Waals surface area (Å²) in [6.07, 6.45) is 8.08. The van der Waals surface area contributed by atoms with Crippen LogP contribution in [0.15, 0.2) is 23.1 Å². The number of carbonyl (C=O) groups is 1. The maximum atomic E-state index is 11.8. The molecule has 0 atom stereocenters. The van der Waals surface area contributed by atoms with Crippen LogP contribution in [-0.4, -0.2) is 17.3 Å². The first-order valence-electron chi connectivity index (χ1n) is 8.10. The van der Waals surface area contributed by atoms with Crippen LogP contribution < -0.4 is 10.1 Å². The lowest BCUT2D eigenvalue weighted by Crippen LogP contribution is -2.17. The molecular weight excluding hydrogens is 338 g/mol. The molecule has 0 aromatic heterocycles. The summed E-state index contributed by atoms with van der Waals surface area (Å²) in [5.41, 5.74) is 1.79. The zero-order chi connectivity index (χ0) is 16.9. The first-order chi connectivity index (χ1) is 11.7. The van der Waals surface area contributed by atoms with E-state index in [0.717, 1.165) is 16.9 Å². The number of carbonyl (C=O) groups excluding carboxylic acids is 1. The number of thiocarbonyl (C=S) groups is 1. The van der Waals surface area contributed by atoms with Crippen LogP contribution in [0.25, 0.3) is 6.08 Å². The number of ether oxygens (including phenoxy) is 1. The summed E-state index contributed by atoms with van der Waals surface area (Å²) in [5.74, 6) is 7.78. The van der Waals surface area contributed by atoms with Gasteiger partial charge in [0.05, 0.1) is 17.6 Å². The van der Waals surface area contributed by atoms with E-state index >= 15 is 0 Å². The van der Waals surface area contributed by atoms with Crippen molar-refractivity contribution in [1.82, 2.24) is 5.32 Å². The molecule has 2 fully saturated rings. The van der Waals surface area contributed by atoms with E-state index in [-0.39, 0.29) is 5.91 Å². The van der Waals surface area contributed by atoms with Crippen molar-refractivity contribution in [3.63, 3.8) is 0 Å². The first-order valence-corrected chi connectivity index (χ1v) is 9.32. The van der Waals surface area contributed by atoms with Crippen molar-refractivity contribution in [2.75, 3.05) is 7.11 Å². The number of rotatable bonds is 2. The molecule has 1 aliphatic heterocycles. The third kappa shape index (κ3) is 4.19. The molecule has 1 saturated heterocycles. The molecule has 1 N–H and O–H groups in total. The van der Waals surface area contributed by atoms with Gasteiger partial charge in [-0.2, -0.15) is 0 Å². The van der Waals surface area contributed by atoms with E-state index in [1.165, 1.54) is 43.9 Å². The number of thioether (sulfide) groups is 1. The number of nitrogens with one attached hydrogen (secondary N) is 1. The Morgan fingerprint density at radius 2 is 2.12 bits per heavy atom. The highest BCUT2D eigenvalue weighted by Crippen LogP contribution is 2.28. The summed E-state index contributed by atoms with van der Waals surface area (Å²) in [6.45, 7) is 0. The van der Waals surface area contributed by atoms with Crippen LogP contribution in [0.2, 0.25) is 0 Å². The molecule has 0 spiro atoms. The van der Waals surface area contributed by atoms with Crippen molar-refractivity contribution in [2.24, 2.45) is 5.92 Å². The summed E-state index contributed by atoms with van der Waals surface area (Å²) in [4.78, 5) is 12.4. The largest absolute Gasteiger partial charge is 0.495 e. The van der Waals surface area contributed by atoms with Crippen molar-refractivity contribution in [3.05, 3.63) is 34.2 Å². The smallest absolute Gasteiger partial charge is 0.263 e. The van der Waals surface area contributed by atoms with E-state index in [9.17, 15) is 4.79 Å². The molecule has 1 aliphatic carbocycles. The van der Waals surface area contributed by atoms with Gasteiger partial charge in [0.25, 0.3) is 5.91 Å². The fourth-order valence-corrected chi connectivity index (χ4v) is 3.96. The third-order valence-corrected chi connectivity index (χ3v) is 5.34. The number of hydrogen-bond donors (Lipinski definition) is 1. The molecule has 3 nitrogen and oxygen atoms in total. The predicted octanol–water partition coefficient (Wildman–Crippen LogP) is 4.12. The Morgan fingerprint density at radius 1 is 1.33 bits per heavy atom. The van der Waals surface area contributed by atoms with Gasteiger partial charge in [-0.1, -0.05) is 61.1 Å². The second-order valence-electron chi connectivity index (χ2n) is 5.92. The van der Waals surface area contributed by atoms with Gasteiger partial charge in [-0.15, -0.1) is 0 Å². The topological polar surface area (TPSA) is 38.3 Å². The van der Waals surface area contributed by atoms with E-state index in [1.54, 1.807) is 7.11 Å². The van der Waals surface area contributed by atoms with Crippen molar-refractivity contribution < 1.29 is 9.53 Å². The third-order valence-electron chi connectivity index (χ3n) is 4.18. The van der Waals surface area contributed by atoms with Crippen LogP contribution >= 0.6 is 24.0 Å². The maximum Gasteiger partial charge on any atom is 0.263 e. The molecule has 5 heteroatoms. The number of hydrogen-bond acceptors (Lipinski definition) is 4. The average Bonchev–Trinajstić information content (AvgIpc) is 2.91. The molecule has 0 bridgehead atoms. The zero-order valence-corrected chi connectivity index (χ0v) is 15.2. The summed E-state index contributed by atoms with van der Waals surface area (Å²) >= 11 is 6.30. The van der Waals surface area contributed by atoms with E-state index in [4.69, 9.17) is 17.0 Å². The van der Waals surface area contributed by atoms with Crippen LogP contribution in [-0.2, 0) is 4.79 Å². The van der Waals surface area contributed by atoms with E-state index in [0.29, 0.717) is 15.1 Å². The summed E-state index contributed by atoms with van der Waals surface area (Å²) in [7, 11) is 1.65. The molecule has 124 valence electrons. The highest BCUT2D eigenvalue weighted by atomic mass is 32.2. The molecule has 1 aromatic carbocycles. The molecular formula is C19H19NO2S2. The van der Waals surface area contributed by atoms with Crippen molar-refractivity contribution in [2.45, 2.75) is 32.1 Å². The lowest BCUT2D eigenvalue weighted by molar-refractivity contribution is -0.115. The molecule has 24 heavy (non-hydrogen) atoms. The van der Waals surface area contributed by atoms with Crippen molar-refractivity contribution in [3.8, 4) is 17.6 Å². The highest BCUT2D eigenvalue weighted by Gasteiger charge is 2.22. The standard InChI is InChI=1S/C19H19NO2S2/c1-22-16-10-8-14(12-17-18(21)20-19(23)24-17)11-15(16)9-7-13-5-3-2-4-6-13/h8,10-13H,2-6H2,1H3,(H,20,21,23)/b17-12+. The van der Waals surface area contributed by atoms with Crippen LogP contribution in [0.1, 0.15) is 43.2 Å². The van der Waals surface area contributed by atoms with E-state index < -0.39 is 0 Å². The van der Waals surface area contributed by atoms with Gasteiger partial charge in [0, 0.05) is 5.92 Å². The Bertz CT molecular complexity index is 752. The Kier molecular flexibility index (Phi) is 5.60. The van der Waals surface area contributed by atoms with Gasteiger partial charge in [0.15, 0.2) is 0 Å². The van der Waals surface area contributed by atoms with Gasteiger partial charge in [0.1, 0.15) is 10.1 Å². The predicted molar refractivity (Wildman–Crippen MR) is 103 cm³/mol. The van der Waals surface area contributed by atoms with Crippen molar-refractivity contribution >= 4 is 40.3 Å². The quantitative estimate of drug-likeness (QED) is 0.491. The molecule has 2 aliphatic rings. The molecule has 0 unspecified atom stereocenters. The van der Waals surface area contributed by atoms with E-state index in [2.05, 4.69) is 17.2 Å². The second kappa shape index (κ2) is 7.87. The van der Waals surface area contributed by atoms with Gasteiger partial charge in [0.2, 0.25) is 0 Å². The van der Waals surface area contributed by atoms with Gasteiger partial charge < -0.3 is 10.1 Å². The molecule has 1 amide bonds. The van der Waals surface area contributed by atoms with Gasteiger partial charge >= 0.3 is 0 Å². The van der Waals surface area contributed by atoms with E-state index in [1.807, 2.05) is 24.3 Å². The zero-order valence-electron chi connectivity index (χ0n) is 13.6. The maximum absolute atomic E-state index is 11.8. The molecule has 1 saturated carbocycles. The minimum Gasteiger partial charge on any atom is -0.495 e. The molecule has 0 radical (unpaired) electrons. The minimum absolute atomic E-state index is 0.143. The van der Waals surface area contributed by atoms with Gasteiger partial charge in [-0.05, 0) is 36.6 Å². The minimum atomic E-state index is -0.143. The van der Waals surface area contributed by atoms with Gasteiger partial charge in [-0.3, -0.25) is 4.79 Å². The van der Waals surface area contributed by atoms with Crippen LogP contribution in [0.3, 0.4) is 0 Å². The number of benzene rings is 1. The fourth-order valence-electron chi connectivity index (χ4n) is 2.91. The van der Waals surface area contributed by atoms with Crippen LogP contribution in [0.5, 0.6) is 5.75 Å². The summed E-state index contributed by atoms with van der Waals surface area (Å²) in [6, 6.07) is 5.79. The molecule has 3 rings (SSSR count). The monoisotopic (exact) mass is 357 g/mol. The fraction of sp³-hybridized carbons (Fsp3) is 0.368. The number of amides is 1. The van der Waals surface area contributed by atoms with Crippen molar-refractivity contribution in [1.29, 1.82) is 0 Å². The van der Waals surface area contributed by atoms with Crippen LogP contribution in [0.4, 0.5) is 0 Å². The van der Waals surface area contributed by atoms with Gasteiger partial charge in [-0.25, -0.2) is 0 Å². The highest BCUT2D eigenvalue weighted by molar-refractivity contribution is 8.26. The summed E-state index contributed by atoms with van der Waals surface area (Å²) in [5, 5.41) is 2.63. The Morgan fingerprint density at radius 3 is 2.79 bits per heavy atom. The Balaban J connectivity index is 1.85. The lowest BCUT2D eigenvalue weighted by Gasteiger charge is -2.15. The Labute approximate surface area is 152 Å². The molecule has 1 heterocycles. The second-order valence-corrected chi connectivity index (χ2v) is 7.64. The normalized spacial score (nSPS) is 19.8. The Hall–Kier alpha value is -1.77. The first kappa shape index (κ1) is 17.1. The average molecular weight is 358 g/mol. The molecule has 1 aromatic rings. The van der Waals surface area contributed by atoms with Crippen LogP contribution in [0, 0.1) is 17.8 Å². The summed E-state index contributed by atoms with van der Waals surface area (Å²) < 4.78 is 5.92. The number of methoxy groups -OCH3 is 1. The SMILES string of the molecule is COc1ccc(/C=C2/SC(=S)NC2=O)cc1C#CC1CCCCC1.